The Morgan fingerprint density at radius 3 is 2.64 bits per heavy atom. The molecule has 0 radical (unpaired) electrons. The van der Waals surface area contributed by atoms with Crippen molar-refractivity contribution in [1.82, 2.24) is 19.9 Å². The van der Waals surface area contributed by atoms with Gasteiger partial charge in [0, 0.05) is 43.7 Å². The van der Waals surface area contributed by atoms with E-state index in [1.165, 1.54) is 5.56 Å². The van der Waals surface area contributed by atoms with E-state index in [4.69, 9.17) is 9.26 Å². The van der Waals surface area contributed by atoms with E-state index in [1.807, 2.05) is 53.4 Å². The molecule has 1 amide bonds. The van der Waals surface area contributed by atoms with Gasteiger partial charge in [-0.05, 0) is 44.5 Å². The highest BCUT2D eigenvalue weighted by Gasteiger charge is 2.22. The third-order valence-electron chi connectivity index (χ3n) is 5.86. The van der Waals surface area contributed by atoms with Gasteiger partial charge in [0.15, 0.2) is 0 Å². The van der Waals surface area contributed by atoms with Crippen molar-refractivity contribution in [3.8, 4) is 17.1 Å². The molecule has 7 heteroatoms. The van der Waals surface area contributed by atoms with Gasteiger partial charge >= 0.3 is 0 Å². The van der Waals surface area contributed by atoms with Crippen molar-refractivity contribution < 1.29 is 14.1 Å². The van der Waals surface area contributed by atoms with Crippen LogP contribution in [-0.4, -0.2) is 65.2 Å². The molecule has 0 atom stereocenters. The van der Waals surface area contributed by atoms with Crippen LogP contribution >= 0.6 is 0 Å². The highest BCUT2D eigenvalue weighted by molar-refractivity contribution is 5.94. The third kappa shape index (κ3) is 6.20. The summed E-state index contributed by atoms with van der Waals surface area (Å²) in [6.07, 6.45) is 2.64. The zero-order valence-electron chi connectivity index (χ0n) is 19.5. The number of carbonyl (C=O) groups is 1. The standard InChI is InChI=1S/C26H32N4O3/c1-3-18-32-23-7-4-6-22(19-23)26(31)30-16-14-29(15-17-30)13-5-8-24-27-25(28-33-24)21-11-9-20(2)10-12-21/h4,6-7,9-12,19H,3,5,8,13-18H2,1-2H3. The third-order valence-corrected chi connectivity index (χ3v) is 5.86. The average Bonchev–Trinajstić information content (AvgIpc) is 3.32. The minimum atomic E-state index is 0.0751. The first-order valence-electron chi connectivity index (χ1n) is 11.8. The Kier molecular flexibility index (Phi) is 7.73. The molecule has 0 saturated carbocycles. The fourth-order valence-corrected chi connectivity index (χ4v) is 3.93. The second-order valence-electron chi connectivity index (χ2n) is 8.49. The molecule has 1 aliphatic heterocycles. The van der Waals surface area contributed by atoms with E-state index in [2.05, 4.69) is 28.9 Å². The number of aromatic nitrogens is 2. The van der Waals surface area contributed by atoms with E-state index >= 15 is 0 Å². The summed E-state index contributed by atoms with van der Waals surface area (Å²) in [5, 5.41) is 4.11. The summed E-state index contributed by atoms with van der Waals surface area (Å²) in [4.78, 5) is 21.7. The van der Waals surface area contributed by atoms with Crippen LogP contribution in [0.3, 0.4) is 0 Å². The molecule has 0 N–H and O–H groups in total. The quantitative estimate of drug-likeness (QED) is 0.488. The zero-order valence-corrected chi connectivity index (χ0v) is 19.5. The van der Waals surface area contributed by atoms with Crippen LogP contribution < -0.4 is 4.74 Å². The zero-order chi connectivity index (χ0) is 23.0. The summed E-state index contributed by atoms with van der Waals surface area (Å²) < 4.78 is 11.1. The molecule has 1 aliphatic rings. The molecule has 1 aromatic heterocycles. The predicted octanol–water partition coefficient (Wildman–Crippen LogP) is 4.22. The van der Waals surface area contributed by atoms with E-state index in [0.29, 0.717) is 23.9 Å². The van der Waals surface area contributed by atoms with Crippen LogP contribution in [0.1, 0.15) is 41.6 Å². The topological polar surface area (TPSA) is 71.7 Å². The Morgan fingerprint density at radius 1 is 1.09 bits per heavy atom. The summed E-state index contributed by atoms with van der Waals surface area (Å²) >= 11 is 0. The summed E-state index contributed by atoms with van der Waals surface area (Å²) in [5.41, 5.74) is 2.87. The van der Waals surface area contributed by atoms with Crippen LogP contribution in [0.5, 0.6) is 5.75 Å². The van der Waals surface area contributed by atoms with Crippen LogP contribution in [0.25, 0.3) is 11.4 Å². The summed E-state index contributed by atoms with van der Waals surface area (Å²) in [6, 6.07) is 15.6. The number of nitrogens with zero attached hydrogens (tertiary/aromatic N) is 4. The minimum Gasteiger partial charge on any atom is -0.494 e. The maximum absolute atomic E-state index is 12.9. The molecule has 2 aromatic carbocycles. The van der Waals surface area contributed by atoms with Crippen molar-refractivity contribution >= 4 is 5.91 Å². The predicted molar refractivity (Wildman–Crippen MR) is 127 cm³/mol. The number of benzene rings is 2. The van der Waals surface area contributed by atoms with Crippen molar-refractivity contribution in [2.45, 2.75) is 33.1 Å². The highest BCUT2D eigenvalue weighted by Crippen LogP contribution is 2.18. The van der Waals surface area contributed by atoms with Crippen LogP contribution in [0.4, 0.5) is 0 Å². The van der Waals surface area contributed by atoms with Gasteiger partial charge in [-0.1, -0.05) is 48.0 Å². The molecule has 0 spiro atoms. The fraction of sp³-hybridized carbons (Fsp3) is 0.423. The molecule has 0 unspecified atom stereocenters. The Hall–Kier alpha value is -3.19. The molecule has 1 saturated heterocycles. The van der Waals surface area contributed by atoms with Gasteiger partial charge in [-0.2, -0.15) is 4.98 Å². The molecule has 3 aromatic rings. The van der Waals surface area contributed by atoms with Crippen molar-refractivity contribution in [2.24, 2.45) is 0 Å². The maximum Gasteiger partial charge on any atom is 0.254 e. The van der Waals surface area contributed by atoms with Gasteiger partial charge in [0.25, 0.3) is 5.91 Å². The Morgan fingerprint density at radius 2 is 1.88 bits per heavy atom. The molecule has 33 heavy (non-hydrogen) atoms. The lowest BCUT2D eigenvalue weighted by atomic mass is 10.1. The van der Waals surface area contributed by atoms with Gasteiger partial charge in [0.1, 0.15) is 5.75 Å². The molecule has 0 bridgehead atoms. The largest absolute Gasteiger partial charge is 0.494 e. The number of piperazine rings is 1. The Labute approximate surface area is 195 Å². The van der Waals surface area contributed by atoms with E-state index in [-0.39, 0.29) is 5.91 Å². The molecule has 4 rings (SSSR count). The Bertz CT molecular complexity index is 1040. The van der Waals surface area contributed by atoms with Crippen LogP contribution in [-0.2, 0) is 6.42 Å². The lowest BCUT2D eigenvalue weighted by Gasteiger charge is -2.34. The van der Waals surface area contributed by atoms with Gasteiger partial charge in [0.05, 0.1) is 6.61 Å². The number of hydrogen-bond acceptors (Lipinski definition) is 6. The second-order valence-corrected chi connectivity index (χ2v) is 8.49. The first-order valence-corrected chi connectivity index (χ1v) is 11.8. The number of rotatable bonds is 9. The van der Waals surface area contributed by atoms with Gasteiger partial charge in [-0.15, -0.1) is 0 Å². The molecule has 1 fully saturated rings. The number of hydrogen-bond donors (Lipinski definition) is 0. The second kappa shape index (κ2) is 11.1. The molecule has 7 nitrogen and oxygen atoms in total. The van der Waals surface area contributed by atoms with E-state index in [9.17, 15) is 4.79 Å². The molecular weight excluding hydrogens is 416 g/mol. The number of ether oxygens (including phenoxy) is 1. The molecular formula is C26H32N4O3. The summed E-state index contributed by atoms with van der Waals surface area (Å²) in [7, 11) is 0. The van der Waals surface area contributed by atoms with E-state index in [1.54, 1.807) is 0 Å². The molecule has 174 valence electrons. The minimum absolute atomic E-state index is 0.0751. The van der Waals surface area contributed by atoms with Crippen LogP contribution in [0, 0.1) is 6.92 Å². The first kappa shape index (κ1) is 23.0. The van der Waals surface area contributed by atoms with Gasteiger partial charge < -0.3 is 14.2 Å². The molecule has 0 aliphatic carbocycles. The smallest absolute Gasteiger partial charge is 0.254 e. The van der Waals surface area contributed by atoms with Gasteiger partial charge in [-0.3, -0.25) is 9.69 Å². The Balaban J connectivity index is 1.21. The summed E-state index contributed by atoms with van der Waals surface area (Å²) in [5.74, 6) is 2.14. The number of amides is 1. The van der Waals surface area contributed by atoms with Crippen molar-refractivity contribution in [1.29, 1.82) is 0 Å². The monoisotopic (exact) mass is 448 g/mol. The number of carbonyl (C=O) groups excluding carboxylic acids is 1. The van der Waals surface area contributed by atoms with Crippen molar-refractivity contribution in [3.63, 3.8) is 0 Å². The average molecular weight is 449 g/mol. The van der Waals surface area contributed by atoms with Crippen LogP contribution in [0.15, 0.2) is 53.1 Å². The molecule has 2 heterocycles. The lowest BCUT2D eigenvalue weighted by Crippen LogP contribution is -2.48. The van der Waals surface area contributed by atoms with Crippen LogP contribution in [0.2, 0.25) is 0 Å². The van der Waals surface area contributed by atoms with Crippen molar-refractivity contribution in [3.05, 3.63) is 65.5 Å². The first-order chi connectivity index (χ1) is 16.1. The summed E-state index contributed by atoms with van der Waals surface area (Å²) in [6.45, 7) is 8.94. The highest BCUT2D eigenvalue weighted by atomic mass is 16.5. The lowest BCUT2D eigenvalue weighted by molar-refractivity contribution is 0.0635. The maximum atomic E-state index is 12.9. The van der Waals surface area contributed by atoms with Gasteiger partial charge in [-0.25, -0.2) is 0 Å². The fourth-order valence-electron chi connectivity index (χ4n) is 3.93. The SMILES string of the molecule is CCCOc1cccc(C(=O)N2CCN(CCCc3nc(-c4ccc(C)cc4)no3)CC2)c1. The number of aryl methyl sites for hydroxylation is 2. The van der Waals surface area contributed by atoms with Crippen molar-refractivity contribution in [2.75, 3.05) is 39.3 Å². The van der Waals surface area contributed by atoms with Gasteiger partial charge in [0.2, 0.25) is 11.7 Å². The van der Waals surface area contributed by atoms with E-state index in [0.717, 1.165) is 63.3 Å². The normalized spacial score (nSPS) is 14.4. The van der Waals surface area contributed by atoms with E-state index < -0.39 is 0 Å².